The van der Waals surface area contributed by atoms with Gasteiger partial charge in [0.15, 0.2) is 0 Å². The second-order valence-electron chi connectivity index (χ2n) is 5.57. The summed E-state index contributed by atoms with van der Waals surface area (Å²) in [7, 11) is -2.11. The summed E-state index contributed by atoms with van der Waals surface area (Å²) in [6.45, 7) is 0.0620. The SMILES string of the molecule is CNS(=O)(=O)c1ccc(NCC(=O)Nc2ccc3cnccc3c2)cc1. The van der Waals surface area contributed by atoms with Crippen molar-refractivity contribution in [3.63, 3.8) is 0 Å². The lowest BCUT2D eigenvalue weighted by molar-refractivity contribution is -0.114. The van der Waals surface area contributed by atoms with Crippen molar-refractivity contribution in [3.8, 4) is 0 Å². The fourth-order valence-corrected chi connectivity index (χ4v) is 3.15. The first-order chi connectivity index (χ1) is 12.5. The van der Waals surface area contributed by atoms with Crippen molar-refractivity contribution in [2.75, 3.05) is 24.2 Å². The van der Waals surface area contributed by atoms with Crippen molar-refractivity contribution in [3.05, 3.63) is 60.9 Å². The molecule has 0 spiro atoms. The number of nitrogens with zero attached hydrogens (tertiary/aromatic N) is 1. The molecule has 2 aromatic carbocycles. The molecule has 0 saturated heterocycles. The molecular formula is C18H18N4O3S. The van der Waals surface area contributed by atoms with Gasteiger partial charge in [0.2, 0.25) is 15.9 Å². The van der Waals surface area contributed by atoms with Crippen LogP contribution in [0.25, 0.3) is 10.8 Å². The Morgan fingerprint density at radius 3 is 2.46 bits per heavy atom. The van der Waals surface area contributed by atoms with Crippen LogP contribution in [0, 0.1) is 0 Å². The molecule has 0 aliphatic heterocycles. The fourth-order valence-electron chi connectivity index (χ4n) is 2.42. The average molecular weight is 370 g/mol. The average Bonchev–Trinajstić information content (AvgIpc) is 2.66. The van der Waals surface area contributed by atoms with Crippen LogP contribution >= 0.6 is 0 Å². The first kappa shape index (κ1) is 17.8. The van der Waals surface area contributed by atoms with Gasteiger partial charge in [-0.05, 0) is 54.9 Å². The molecule has 1 amide bonds. The van der Waals surface area contributed by atoms with Gasteiger partial charge in [-0.25, -0.2) is 13.1 Å². The number of carbonyl (C=O) groups excluding carboxylic acids is 1. The van der Waals surface area contributed by atoms with Gasteiger partial charge in [-0.1, -0.05) is 6.07 Å². The summed E-state index contributed by atoms with van der Waals surface area (Å²) in [5, 5.41) is 7.78. The fraction of sp³-hybridized carbons (Fsp3) is 0.111. The van der Waals surface area contributed by atoms with E-state index in [4.69, 9.17) is 0 Å². The first-order valence-electron chi connectivity index (χ1n) is 7.89. The number of nitrogens with one attached hydrogen (secondary N) is 3. The van der Waals surface area contributed by atoms with Crippen molar-refractivity contribution in [2.45, 2.75) is 4.90 Å². The van der Waals surface area contributed by atoms with Gasteiger partial charge < -0.3 is 10.6 Å². The number of carbonyl (C=O) groups is 1. The van der Waals surface area contributed by atoms with Crippen LogP contribution in [0.5, 0.6) is 0 Å². The monoisotopic (exact) mass is 370 g/mol. The highest BCUT2D eigenvalue weighted by Gasteiger charge is 2.10. The van der Waals surface area contributed by atoms with E-state index in [0.29, 0.717) is 11.4 Å². The number of benzene rings is 2. The summed E-state index contributed by atoms with van der Waals surface area (Å²) < 4.78 is 25.6. The predicted octanol–water partition coefficient (Wildman–Crippen LogP) is 2.19. The Morgan fingerprint density at radius 1 is 1.00 bits per heavy atom. The van der Waals surface area contributed by atoms with Gasteiger partial charge in [0, 0.05) is 29.2 Å². The van der Waals surface area contributed by atoms with Gasteiger partial charge in [-0.2, -0.15) is 0 Å². The number of hydrogen-bond acceptors (Lipinski definition) is 5. The maximum absolute atomic E-state index is 12.1. The highest BCUT2D eigenvalue weighted by molar-refractivity contribution is 7.89. The molecule has 8 heteroatoms. The van der Waals surface area contributed by atoms with Gasteiger partial charge in [0.25, 0.3) is 0 Å². The highest BCUT2D eigenvalue weighted by atomic mass is 32.2. The smallest absolute Gasteiger partial charge is 0.243 e. The Hall–Kier alpha value is -2.97. The molecule has 0 aliphatic rings. The molecule has 0 atom stereocenters. The minimum absolute atomic E-state index is 0.0620. The van der Waals surface area contributed by atoms with Gasteiger partial charge in [0.1, 0.15) is 0 Å². The van der Waals surface area contributed by atoms with Crippen LogP contribution in [0.4, 0.5) is 11.4 Å². The van der Waals surface area contributed by atoms with E-state index in [0.717, 1.165) is 10.8 Å². The molecule has 0 radical (unpaired) electrons. The number of sulfonamides is 1. The van der Waals surface area contributed by atoms with Crippen LogP contribution in [0.3, 0.4) is 0 Å². The lowest BCUT2D eigenvalue weighted by atomic mass is 10.1. The largest absolute Gasteiger partial charge is 0.376 e. The summed E-state index contributed by atoms with van der Waals surface area (Å²) >= 11 is 0. The zero-order chi connectivity index (χ0) is 18.6. The van der Waals surface area contributed by atoms with E-state index in [-0.39, 0.29) is 17.3 Å². The minimum atomic E-state index is -3.47. The third kappa shape index (κ3) is 4.16. The number of fused-ring (bicyclic) bond motifs is 1. The van der Waals surface area contributed by atoms with E-state index >= 15 is 0 Å². The number of hydrogen-bond donors (Lipinski definition) is 3. The summed E-state index contributed by atoms with van der Waals surface area (Å²) in [5.41, 5.74) is 1.35. The topological polar surface area (TPSA) is 100 Å². The zero-order valence-electron chi connectivity index (χ0n) is 14.1. The highest BCUT2D eigenvalue weighted by Crippen LogP contribution is 2.18. The maximum atomic E-state index is 12.1. The Morgan fingerprint density at radius 2 is 1.73 bits per heavy atom. The Labute approximate surface area is 151 Å². The standard InChI is InChI=1S/C18H18N4O3S/c1-19-26(24,25)17-6-4-15(5-7-17)21-12-18(23)22-16-3-2-14-11-20-9-8-13(14)10-16/h2-11,19,21H,12H2,1H3,(H,22,23). The van der Waals surface area contributed by atoms with Crippen LogP contribution in [-0.4, -0.2) is 32.9 Å². The molecule has 134 valence electrons. The molecule has 0 bridgehead atoms. The van der Waals surface area contributed by atoms with Crippen LogP contribution in [0.2, 0.25) is 0 Å². The van der Waals surface area contributed by atoms with E-state index in [1.165, 1.54) is 19.2 Å². The van der Waals surface area contributed by atoms with Crippen LogP contribution < -0.4 is 15.4 Å². The van der Waals surface area contributed by atoms with Crippen LogP contribution in [0.15, 0.2) is 65.8 Å². The second kappa shape index (κ2) is 7.51. The molecule has 0 fully saturated rings. The zero-order valence-corrected chi connectivity index (χ0v) is 14.9. The number of anilines is 2. The van der Waals surface area contributed by atoms with Crippen molar-refractivity contribution in [2.24, 2.45) is 0 Å². The minimum Gasteiger partial charge on any atom is -0.376 e. The van der Waals surface area contributed by atoms with Gasteiger partial charge in [-0.15, -0.1) is 0 Å². The molecule has 0 aliphatic carbocycles. The maximum Gasteiger partial charge on any atom is 0.243 e. The molecular weight excluding hydrogens is 352 g/mol. The molecule has 3 N–H and O–H groups in total. The van der Waals surface area contributed by atoms with Gasteiger partial charge in [-0.3, -0.25) is 9.78 Å². The number of amides is 1. The summed E-state index contributed by atoms with van der Waals surface area (Å²) in [6, 6.07) is 13.6. The molecule has 7 nitrogen and oxygen atoms in total. The quantitative estimate of drug-likeness (QED) is 0.618. The summed E-state index contributed by atoms with van der Waals surface area (Å²) in [4.78, 5) is 16.3. The van der Waals surface area contributed by atoms with E-state index in [1.807, 2.05) is 24.3 Å². The molecule has 0 unspecified atom stereocenters. The molecule has 1 heterocycles. The van der Waals surface area contributed by atoms with Crippen LogP contribution in [-0.2, 0) is 14.8 Å². The molecule has 26 heavy (non-hydrogen) atoms. The van der Waals surface area contributed by atoms with Crippen molar-refractivity contribution in [1.29, 1.82) is 0 Å². The Bertz CT molecular complexity index is 1030. The van der Waals surface area contributed by atoms with E-state index in [9.17, 15) is 13.2 Å². The molecule has 1 aromatic heterocycles. The summed E-state index contributed by atoms with van der Waals surface area (Å²) in [6.07, 6.45) is 3.47. The van der Waals surface area contributed by atoms with Crippen molar-refractivity contribution in [1.82, 2.24) is 9.71 Å². The van der Waals surface area contributed by atoms with E-state index < -0.39 is 10.0 Å². The Balaban J connectivity index is 1.59. The van der Waals surface area contributed by atoms with E-state index in [1.54, 1.807) is 24.5 Å². The molecule has 3 rings (SSSR count). The van der Waals surface area contributed by atoms with Gasteiger partial charge in [0.05, 0.1) is 11.4 Å². The third-order valence-electron chi connectivity index (χ3n) is 3.81. The molecule has 0 saturated carbocycles. The third-order valence-corrected chi connectivity index (χ3v) is 5.24. The number of rotatable bonds is 6. The van der Waals surface area contributed by atoms with Crippen LogP contribution in [0.1, 0.15) is 0 Å². The second-order valence-corrected chi connectivity index (χ2v) is 7.46. The lowest BCUT2D eigenvalue weighted by Gasteiger charge is -2.09. The number of pyridine rings is 1. The first-order valence-corrected chi connectivity index (χ1v) is 9.37. The van der Waals surface area contributed by atoms with Crippen molar-refractivity contribution >= 4 is 38.1 Å². The molecule has 3 aromatic rings. The lowest BCUT2D eigenvalue weighted by Crippen LogP contribution is -2.22. The van der Waals surface area contributed by atoms with E-state index in [2.05, 4.69) is 20.3 Å². The normalized spacial score (nSPS) is 11.3. The van der Waals surface area contributed by atoms with Gasteiger partial charge >= 0.3 is 0 Å². The van der Waals surface area contributed by atoms with Crippen molar-refractivity contribution < 1.29 is 13.2 Å². The predicted molar refractivity (Wildman–Crippen MR) is 102 cm³/mol. The Kier molecular flexibility index (Phi) is 5.15. The number of aromatic nitrogens is 1. The summed E-state index contributed by atoms with van der Waals surface area (Å²) in [5.74, 6) is -0.203.